The number of aromatic hydroxyl groups is 1. The van der Waals surface area contributed by atoms with Crippen LogP contribution in [0.2, 0.25) is 0 Å². The van der Waals surface area contributed by atoms with E-state index in [1.54, 1.807) is 45.0 Å². The van der Waals surface area contributed by atoms with Crippen LogP contribution < -0.4 is 0 Å². The van der Waals surface area contributed by atoms with E-state index in [2.05, 4.69) is 0 Å². The number of rotatable bonds is 7. The highest BCUT2D eigenvalue weighted by Crippen LogP contribution is 2.20. The van der Waals surface area contributed by atoms with Crippen molar-refractivity contribution < 1.29 is 24.2 Å². The highest BCUT2D eigenvalue weighted by Gasteiger charge is 2.27. The lowest BCUT2D eigenvalue weighted by Gasteiger charge is -2.22. The van der Waals surface area contributed by atoms with Crippen LogP contribution >= 0.6 is 0 Å². The Morgan fingerprint density at radius 2 is 1.59 bits per heavy atom. The minimum absolute atomic E-state index is 0.0637. The molecule has 0 saturated heterocycles. The summed E-state index contributed by atoms with van der Waals surface area (Å²) in [6.45, 7) is 5.51. The van der Waals surface area contributed by atoms with Gasteiger partial charge in [-0.05, 0) is 50.5 Å². The quantitative estimate of drug-likeness (QED) is 0.745. The van der Waals surface area contributed by atoms with E-state index in [4.69, 9.17) is 9.47 Å². The molecule has 0 aliphatic rings. The minimum atomic E-state index is -0.659. The van der Waals surface area contributed by atoms with Crippen molar-refractivity contribution in [1.29, 1.82) is 0 Å². The molecular weight excluding hydrogens is 344 g/mol. The number of esters is 2. The van der Waals surface area contributed by atoms with Crippen molar-refractivity contribution in [2.45, 2.75) is 45.8 Å². The first-order valence-electron chi connectivity index (χ1n) is 8.93. The molecule has 5 nitrogen and oxygen atoms in total. The number of hydrogen-bond donors (Lipinski definition) is 1. The molecule has 0 spiro atoms. The molecule has 1 atom stereocenters. The second-order valence-corrected chi connectivity index (χ2v) is 7.45. The molecule has 0 unspecified atom stereocenters. The van der Waals surface area contributed by atoms with Gasteiger partial charge >= 0.3 is 11.9 Å². The van der Waals surface area contributed by atoms with Crippen LogP contribution in [0.25, 0.3) is 0 Å². The molecule has 0 radical (unpaired) electrons. The third-order valence-corrected chi connectivity index (χ3v) is 3.81. The minimum Gasteiger partial charge on any atom is -0.508 e. The van der Waals surface area contributed by atoms with Crippen LogP contribution in [0.4, 0.5) is 0 Å². The van der Waals surface area contributed by atoms with Crippen molar-refractivity contribution >= 4 is 11.9 Å². The van der Waals surface area contributed by atoms with Gasteiger partial charge in [0.2, 0.25) is 0 Å². The van der Waals surface area contributed by atoms with E-state index in [1.807, 2.05) is 30.3 Å². The SMILES string of the molecule is CC(C)(C)OC(=O)C[C@@H](Cc1ccc(O)cc1)C(=O)OCc1ccccc1. The van der Waals surface area contributed by atoms with Crippen LogP contribution in [0.15, 0.2) is 54.6 Å². The van der Waals surface area contributed by atoms with E-state index in [1.165, 1.54) is 0 Å². The lowest BCUT2D eigenvalue weighted by Crippen LogP contribution is -2.29. The predicted molar refractivity (Wildman–Crippen MR) is 102 cm³/mol. The average molecular weight is 370 g/mol. The molecule has 0 aliphatic carbocycles. The number of phenolic OH excluding ortho intramolecular Hbond substituents is 1. The van der Waals surface area contributed by atoms with Crippen LogP contribution in [-0.2, 0) is 32.1 Å². The van der Waals surface area contributed by atoms with Crippen molar-refractivity contribution in [2.24, 2.45) is 5.92 Å². The van der Waals surface area contributed by atoms with Crippen molar-refractivity contribution in [3.8, 4) is 5.75 Å². The zero-order chi connectivity index (χ0) is 19.9. The third-order valence-electron chi connectivity index (χ3n) is 3.81. The van der Waals surface area contributed by atoms with Gasteiger partial charge in [0.25, 0.3) is 0 Å². The van der Waals surface area contributed by atoms with Crippen molar-refractivity contribution in [3.63, 3.8) is 0 Å². The molecule has 0 heterocycles. The van der Waals surface area contributed by atoms with Crippen LogP contribution in [0.3, 0.4) is 0 Å². The maximum Gasteiger partial charge on any atom is 0.310 e. The molecule has 1 N–H and O–H groups in total. The monoisotopic (exact) mass is 370 g/mol. The number of hydrogen-bond acceptors (Lipinski definition) is 5. The van der Waals surface area contributed by atoms with Crippen molar-refractivity contribution in [1.82, 2.24) is 0 Å². The molecule has 0 amide bonds. The molecule has 0 saturated carbocycles. The number of carbonyl (C=O) groups excluding carboxylic acids is 2. The number of carbonyl (C=O) groups is 2. The van der Waals surface area contributed by atoms with Gasteiger partial charge in [-0.3, -0.25) is 9.59 Å². The van der Waals surface area contributed by atoms with E-state index in [9.17, 15) is 14.7 Å². The summed E-state index contributed by atoms with van der Waals surface area (Å²) in [4.78, 5) is 24.8. The smallest absolute Gasteiger partial charge is 0.310 e. The summed E-state index contributed by atoms with van der Waals surface area (Å²) in [5.74, 6) is -1.40. The molecule has 0 bridgehead atoms. The van der Waals surface area contributed by atoms with E-state index < -0.39 is 23.5 Å². The number of benzene rings is 2. The fourth-order valence-corrected chi connectivity index (χ4v) is 2.59. The first-order chi connectivity index (χ1) is 12.7. The lowest BCUT2D eigenvalue weighted by atomic mass is 9.96. The third kappa shape index (κ3) is 7.52. The fraction of sp³-hybridized carbons (Fsp3) is 0.364. The Morgan fingerprint density at radius 3 is 2.19 bits per heavy atom. The summed E-state index contributed by atoms with van der Waals surface area (Å²) in [7, 11) is 0. The van der Waals surface area contributed by atoms with Crippen molar-refractivity contribution in [2.75, 3.05) is 0 Å². The molecule has 27 heavy (non-hydrogen) atoms. The zero-order valence-electron chi connectivity index (χ0n) is 16.0. The Balaban J connectivity index is 2.06. The Kier molecular flexibility index (Phi) is 6.99. The molecule has 2 aromatic rings. The lowest BCUT2D eigenvalue weighted by molar-refractivity contribution is -0.162. The highest BCUT2D eigenvalue weighted by atomic mass is 16.6. The summed E-state index contributed by atoms with van der Waals surface area (Å²) >= 11 is 0. The van der Waals surface area contributed by atoms with E-state index in [0.717, 1.165) is 11.1 Å². The normalized spacial score (nSPS) is 12.3. The Morgan fingerprint density at radius 1 is 0.963 bits per heavy atom. The van der Waals surface area contributed by atoms with Gasteiger partial charge < -0.3 is 14.6 Å². The van der Waals surface area contributed by atoms with Crippen molar-refractivity contribution in [3.05, 3.63) is 65.7 Å². The van der Waals surface area contributed by atoms with Crippen LogP contribution in [0.5, 0.6) is 5.75 Å². The second-order valence-electron chi connectivity index (χ2n) is 7.45. The Hall–Kier alpha value is -2.82. The van der Waals surface area contributed by atoms with Crippen LogP contribution in [0, 0.1) is 5.92 Å². The molecule has 2 rings (SSSR count). The Labute approximate surface area is 159 Å². The summed E-state index contributed by atoms with van der Waals surface area (Å²) in [6, 6.07) is 15.9. The summed E-state index contributed by atoms with van der Waals surface area (Å²) in [5, 5.41) is 9.42. The molecule has 0 aliphatic heterocycles. The predicted octanol–water partition coefficient (Wildman–Crippen LogP) is 4.03. The topological polar surface area (TPSA) is 72.8 Å². The van der Waals surface area contributed by atoms with Gasteiger partial charge in [-0.25, -0.2) is 0 Å². The highest BCUT2D eigenvalue weighted by molar-refractivity contribution is 5.80. The van der Waals surface area contributed by atoms with Gasteiger partial charge in [0.05, 0.1) is 12.3 Å². The summed E-state index contributed by atoms with van der Waals surface area (Å²) in [5.41, 5.74) is 1.10. The molecule has 0 fully saturated rings. The first-order valence-corrected chi connectivity index (χ1v) is 8.93. The second kappa shape index (κ2) is 9.21. The maximum atomic E-state index is 12.6. The number of ether oxygens (including phenoxy) is 2. The molecular formula is C22H26O5. The van der Waals surface area contributed by atoms with Gasteiger partial charge in [-0.15, -0.1) is 0 Å². The van der Waals surface area contributed by atoms with E-state index >= 15 is 0 Å². The molecule has 144 valence electrons. The van der Waals surface area contributed by atoms with Crippen LogP contribution in [-0.4, -0.2) is 22.6 Å². The zero-order valence-corrected chi connectivity index (χ0v) is 16.0. The average Bonchev–Trinajstić information content (AvgIpc) is 2.60. The first kappa shape index (κ1) is 20.5. The number of phenols is 1. The van der Waals surface area contributed by atoms with Gasteiger partial charge in [0.1, 0.15) is 18.0 Å². The summed E-state index contributed by atoms with van der Waals surface area (Å²) < 4.78 is 10.8. The van der Waals surface area contributed by atoms with Gasteiger partial charge in [-0.2, -0.15) is 0 Å². The largest absolute Gasteiger partial charge is 0.508 e. The van der Waals surface area contributed by atoms with Gasteiger partial charge in [0.15, 0.2) is 0 Å². The maximum absolute atomic E-state index is 12.6. The van der Waals surface area contributed by atoms with Gasteiger partial charge in [0, 0.05) is 0 Å². The Bertz CT molecular complexity index is 745. The van der Waals surface area contributed by atoms with Crippen LogP contribution in [0.1, 0.15) is 38.3 Å². The fourth-order valence-electron chi connectivity index (χ4n) is 2.59. The standard InChI is InChI=1S/C22H26O5/c1-22(2,3)27-20(24)14-18(13-16-9-11-19(23)12-10-16)21(25)26-15-17-7-5-4-6-8-17/h4-12,18,23H,13-15H2,1-3H3/t18-/m1/s1. The van der Waals surface area contributed by atoms with E-state index in [-0.39, 0.29) is 18.8 Å². The molecule has 2 aromatic carbocycles. The van der Waals surface area contributed by atoms with Gasteiger partial charge in [-0.1, -0.05) is 42.5 Å². The summed E-state index contributed by atoms with van der Waals surface area (Å²) in [6.07, 6.45) is 0.263. The molecule has 0 aromatic heterocycles. The van der Waals surface area contributed by atoms with E-state index in [0.29, 0.717) is 6.42 Å². The molecule has 5 heteroatoms.